The number of hydrazone groups is 1. The first kappa shape index (κ1) is 19.5. The number of ether oxygens (including phenoxy) is 1. The average Bonchev–Trinajstić information content (AvgIpc) is 2.87. The first-order chi connectivity index (χ1) is 11.5. The van der Waals surface area contributed by atoms with E-state index in [1.165, 1.54) is 6.07 Å². The minimum Gasteiger partial charge on any atom is -0.484 e. The number of carbonyl (C=O) groups excluding carboxylic acids is 1. The molecule has 0 saturated heterocycles. The molecule has 1 aliphatic rings. The Morgan fingerprint density at radius 2 is 2.12 bits per heavy atom. The van der Waals surface area contributed by atoms with Crippen LogP contribution in [0.25, 0.3) is 0 Å². The van der Waals surface area contributed by atoms with Gasteiger partial charge in [0, 0.05) is 17.2 Å². The van der Waals surface area contributed by atoms with Crippen molar-refractivity contribution >= 4 is 23.2 Å². The van der Waals surface area contributed by atoms with Gasteiger partial charge in [0.25, 0.3) is 11.6 Å². The molecule has 0 radical (unpaired) electrons. The summed E-state index contributed by atoms with van der Waals surface area (Å²) in [5, 5.41) is 14.3. The van der Waals surface area contributed by atoms with Gasteiger partial charge in [0.2, 0.25) is 0 Å². The van der Waals surface area contributed by atoms with Crippen molar-refractivity contribution in [1.82, 2.24) is 5.01 Å². The lowest BCUT2D eigenvalue weighted by Crippen LogP contribution is -2.57. The molecule has 0 fully saturated rings. The van der Waals surface area contributed by atoms with Gasteiger partial charge in [0.15, 0.2) is 6.61 Å². The predicted octanol–water partition coefficient (Wildman–Crippen LogP) is 3.52. The summed E-state index contributed by atoms with van der Waals surface area (Å²) >= 11 is 5.87. The second-order valence-corrected chi connectivity index (χ2v) is 6.55. The quantitative estimate of drug-likeness (QED) is 0.872. The Labute approximate surface area is 148 Å². The summed E-state index contributed by atoms with van der Waals surface area (Å²) in [6.07, 6.45) is -5.82. The minimum atomic E-state index is -5.04. The van der Waals surface area contributed by atoms with E-state index >= 15 is 0 Å². The normalized spacial score (nSPS) is 20.8. The number of hydrogen-bond acceptors (Lipinski definition) is 4. The van der Waals surface area contributed by atoms with Gasteiger partial charge >= 0.3 is 6.18 Å². The molecule has 1 aromatic carbocycles. The highest BCUT2D eigenvalue weighted by molar-refractivity contribution is 6.31. The van der Waals surface area contributed by atoms with E-state index in [4.69, 9.17) is 16.3 Å². The van der Waals surface area contributed by atoms with Crippen LogP contribution in [-0.2, 0) is 4.79 Å². The molecule has 1 heterocycles. The lowest BCUT2D eigenvalue weighted by atomic mass is 9.99. The van der Waals surface area contributed by atoms with Crippen LogP contribution in [0.15, 0.2) is 23.3 Å². The van der Waals surface area contributed by atoms with Gasteiger partial charge in [-0.15, -0.1) is 0 Å². The number of carbonyl (C=O) groups is 1. The summed E-state index contributed by atoms with van der Waals surface area (Å²) in [6.45, 7) is 4.29. The summed E-state index contributed by atoms with van der Waals surface area (Å²) in [7, 11) is 0. The summed E-state index contributed by atoms with van der Waals surface area (Å²) in [5.41, 5.74) is -2.57. The van der Waals surface area contributed by atoms with Gasteiger partial charge in [0.1, 0.15) is 5.75 Å². The Morgan fingerprint density at radius 1 is 1.48 bits per heavy atom. The van der Waals surface area contributed by atoms with Gasteiger partial charge in [-0.05, 0) is 36.6 Å². The van der Waals surface area contributed by atoms with Crippen LogP contribution < -0.4 is 4.74 Å². The van der Waals surface area contributed by atoms with E-state index in [9.17, 15) is 23.1 Å². The maximum atomic E-state index is 13.3. The molecule has 25 heavy (non-hydrogen) atoms. The van der Waals surface area contributed by atoms with Crippen LogP contribution in [0.4, 0.5) is 13.2 Å². The largest absolute Gasteiger partial charge is 0.484 e. The highest BCUT2D eigenvalue weighted by atomic mass is 35.5. The third-order valence-corrected chi connectivity index (χ3v) is 4.28. The van der Waals surface area contributed by atoms with Crippen LogP contribution >= 0.6 is 11.6 Å². The monoisotopic (exact) mass is 378 g/mol. The van der Waals surface area contributed by atoms with Gasteiger partial charge < -0.3 is 9.84 Å². The summed E-state index contributed by atoms with van der Waals surface area (Å²) in [4.78, 5) is 12.2. The zero-order chi connectivity index (χ0) is 19.0. The van der Waals surface area contributed by atoms with E-state index in [0.717, 1.165) is 0 Å². The van der Waals surface area contributed by atoms with Crippen LogP contribution in [0.2, 0.25) is 5.02 Å². The number of hydrogen-bond donors (Lipinski definition) is 1. The minimum absolute atomic E-state index is 0.0745. The molecule has 1 N–H and O–H groups in total. The second kappa shape index (κ2) is 6.84. The Bertz CT molecular complexity index is 706. The molecule has 0 unspecified atom stereocenters. The van der Waals surface area contributed by atoms with E-state index in [-0.39, 0.29) is 22.4 Å². The fraction of sp³-hybridized carbons (Fsp3) is 0.500. The second-order valence-electron chi connectivity index (χ2n) is 6.14. The van der Waals surface area contributed by atoms with Crippen molar-refractivity contribution in [2.45, 2.75) is 39.1 Å². The molecule has 0 spiro atoms. The SMILES string of the molecule is Cc1cc(OCC(=O)N2N=C(C(C)C)C[C@@]2(O)C(F)(F)F)ccc1Cl. The van der Waals surface area contributed by atoms with Crippen molar-refractivity contribution < 1.29 is 27.8 Å². The standard InChI is InChI=1S/C16H18ClF3N2O3/c1-9(2)13-7-15(24,16(18,19)20)22(21-13)14(23)8-25-11-4-5-12(17)10(3)6-11/h4-6,9,24H,7-8H2,1-3H3/t15-/m1/s1. The summed E-state index contributed by atoms with van der Waals surface area (Å²) in [6, 6.07) is 4.59. The number of aryl methyl sites for hydroxylation is 1. The fourth-order valence-corrected chi connectivity index (χ4v) is 2.41. The number of aliphatic hydroxyl groups is 1. The van der Waals surface area contributed by atoms with Crippen LogP contribution in [0, 0.1) is 12.8 Å². The third kappa shape index (κ3) is 3.90. The average molecular weight is 379 g/mol. The molecule has 5 nitrogen and oxygen atoms in total. The smallest absolute Gasteiger partial charge is 0.438 e. The van der Waals surface area contributed by atoms with Crippen LogP contribution in [0.3, 0.4) is 0 Å². The topological polar surface area (TPSA) is 62.1 Å². The predicted molar refractivity (Wildman–Crippen MR) is 86.4 cm³/mol. The van der Waals surface area contributed by atoms with Crippen molar-refractivity contribution in [2.75, 3.05) is 6.61 Å². The van der Waals surface area contributed by atoms with Crippen LogP contribution in [0.5, 0.6) is 5.75 Å². The third-order valence-electron chi connectivity index (χ3n) is 3.85. The molecule has 138 valence electrons. The maximum Gasteiger partial charge on any atom is 0.438 e. The summed E-state index contributed by atoms with van der Waals surface area (Å²) < 4.78 is 45.1. The Kier molecular flexibility index (Phi) is 5.34. The molecule has 0 aromatic heterocycles. The zero-order valence-corrected chi connectivity index (χ0v) is 14.6. The van der Waals surface area contributed by atoms with Crippen LogP contribution in [0.1, 0.15) is 25.8 Å². The molecular weight excluding hydrogens is 361 g/mol. The maximum absolute atomic E-state index is 13.3. The molecule has 1 amide bonds. The molecule has 0 bridgehead atoms. The van der Waals surface area contributed by atoms with Gasteiger partial charge in [-0.3, -0.25) is 4.79 Å². The van der Waals surface area contributed by atoms with Gasteiger partial charge in [-0.2, -0.15) is 23.3 Å². The van der Waals surface area contributed by atoms with Crippen molar-refractivity contribution in [3.8, 4) is 5.75 Å². The van der Waals surface area contributed by atoms with E-state index in [1.54, 1.807) is 32.9 Å². The molecule has 9 heteroatoms. The molecular formula is C16H18ClF3N2O3. The number of rotatable bonds is 4. The van der Waals surface area contributed by atoms with Gasteiger partial charge in [-0.1, -0.05) is 25.4 Å². The number of alkyl halides is 3. The number of halogens is 4. The first-order valence-corrected chi connectivity index (χ1v) is 7.92. The highest BCUT2D eigenvalue weighted by Gasteiger charge is 2.63. The number of nitrogens with zero attached hydrogens (tertiary/aromatic N) is 2. The molecule has 1 atom stereocenters. The van der Waals surface area contributed by atoms with Gasteiger partial charge in [0.05, 0.1) is 0 Å². The molecule has 1 aromatic rings. The lowest BCUT2D eigenvalue weighted by molar-refractivity contribution is -0.302. The Balaban J connectivity index is 2.18. The van der Waals surface area contributed by atoms with E-state index in [0.29, 0.717) is 10.6 Å². The Morgan fingerprint density at radius 3 is 2.64 bits per heavy atom. The molecule has 1 aliphatic heterocycles. The fourth-order valence-electron chi connectivity index (χ4n) is 2.29. The molecule has 0 saturated carbocycles. The Hall–Kier alpha value is -1.80. The highest BCUT2D eigenvalue weighted by Crippen LogP contribution is 2.41. The summed E-state index contributed by atoms with van der Waals surface area (Å²) in [5.74, 6) is -1.16. The van der Waals surface area contributed by atoms with E-state index in [1.807, 2.05) is 0 Å². The van der Waals surface area contributed by atoms with Crippen molar-refractivity contribution in [3.63, 3.8) is 0 Å². The van der Waals surface area contributed by atoms with Crippen molar-refractivity contribution in [3.05, 3.63) is 28.8 Å². The molecule has 0 aliphatic carbocycles. The first-order valence-electron chi connectivity index (χ1n) is 7.54. The number of amides is 1. The van der Waals surface area contributed by atoms with Crippen molar-refractivity contribution in [1.29, 1.82) is 0 Å². The molecule has 2 rings (SSSR count). The van der Waals surface area contributed by atoms with Crippen molar-refractivity contribution in [2.24, 2.45) is 11.0 Å². The van der Waals surface area contributed by atoms with Crippen LogP contribution in [-0.4, -0.2) is 40.2 Å². The lowest BCUT2D eigenvalue weighted by Gasteiger charge is -2.32. The zero-order valence-electron chi connectivity index (χ0n) is 13.9. The number of benzene rings is 1. The van der Waals surface area contributed by atoms with E-state index < -0.39 is 30.8 Å². The van der Waals surface area contributed by atoms with Gasteiger partial charge in [-0.25, -0.2) is 0 Å². The van der Waals surface area contributed by atoms with E-state index in [2.05, 4.69) is 5.10 Å².